The van der Waals surface area contributed by atoms with Crippen molar-refractivity contribution >= 4 is 17.4 Å². The van der Waals surface area contributed by atoms with E-state index in [1.165, 1.54) is 6.07 Å². The maximum absolute atomic E-state index is 12.5. The Kier molecular flexibility index (Phi) is 5.04. The van der Waals surface area contributed by atoms with Crippen LogP contribution in [0.15, 0.2) is 6.07 Å². The maximum Gasteiger partial charge on any atom is 0.451 e. The van der Waals surface area contributed by atoms with Crippen LogP contribution >= 0.6 is 11.6 Å². The van der Waals surface area contributed by atoms with Gasteiger partial charge in [-0.25, -0.2) is 9.97 Å². The van der Waals surface area contributed by atoms with E-state index >= 15 is 0 Å². The van der Waals surface area contributed by atoms with Crippen LogP contribution in [0.1, 0.15) is 31.5 Å². The smallest absolute Gasteiger partial charge is 0.378 e. The Balaban J connectivity index is 1.90. The first-order chi connectivity index (χ1) is 9.45. The van der Waals surface area contributed by atoms with Gasteiger partial charge in [-0.05, 0) is 25.7 Å². The van der Waals surface area contributed by atoms with Crippen molar-refractivity contribution in [1.82, 2.24) is 9.97 Å². The van der Waals surface area contributed by atoms with E-state index in [-0.39, 0.29) is 17.1 Å². The number of alkyl halides is 3. The fourth-order valence-corrected chi connectivity index (χ4v) is 2.21. The van der Waals surface area contributed by atoms with Gasteiger partial charge >= 0.3 is 6.18 Å². The van der Waals surface area contributed by atoms with Gasteiger partial charge in [0.1, 0.15) is 11.0 Å². The average molecular weight is 310 g/mol. The van der Waals surface area contributed by atoms with Gasteiger partial charge in [0.2, 0.25) is 5.82 Å². The second-order valence-electron chi connectivity index (χ2n) is 4.60. The van der Waals surface area contributed by atoms with Crippen LogP contribution in [0, 0.1) is 0 Å². The van der Waals surface area contributed by atoms with Crippen LogP contribution in [-0.2, 0) is 10.9 Å². The van der Waals surface area contributed by atoms with Crippen molar-refractivity contribution in [2.75, 3.05) is 18.5 Å². The van der Waals surface area contributed by atoms with Crippen molar-refractivity contribution in [2.45, 2.75) is 38.0 Å². The van der Waals surface area contributed by atoms with Crippen molar-refractivity contribution in [3.05, 3.63) is 17.0 Å². The minimum Gasteiger partial charge on any atom is -0.378 e. The molecule has 1 N–H and O–H groups in total. The molecule has 4 nitrogen and oxygen atoms in total. The molecule has 1 unspecified atom stereocenters. The Labute approximate surface area is 119 Å². The third kappa shape index (κ3) is 4.49. The highest BCUT2D eigenvalue weighted by atomic mass is 35.5. The molecular weight excluding hydrogens is 295 g/mol. The van der Waals surface area contributed by atoms with Gasteiger partial charge in [0.15, 0.2) is 0 Å². The molecule has 1 aromatic rings. The third-order valence-corrected chi connectivity index (χ3v) is 3.19. The second-order valence-corrected chi connectivity index (χ2v) is 4.99. The molecule has 0 bridgehead atoms. The van der Waals surface area contributed by atoms with Gasteiger partial charge in [-0.15, -0.1) is 0 Å². The molecule has 1 fully saturated rings. The Bertz CT molecular complexity index is 450. The standard InChI is InChI=1S/C12H15ClF3N3O/c13-9-7-10(19-11(18-9)12(14,15)16)17-5-4-8-3-1-2-6-20-8/h7-8H,1-6H2,(H,17,18,19). The van der Waals surface area contributed by atoms with Crippen LogP contribution in [0.5, 0.6) is 0 Å². The normalized spacial score (nSPS) is 19.9. The number of halogens is 4. The summed E-state index contributed by atoms with van der Waals surface area (Å²) in [5.41, 5.74) is 0. The number of hydrogen-bond acceptors (Lipinski definition) is 4. The molecule has 1 aliphatic rings. The van der Waals surface area contributed by atoms with Crippen LogP contribution in [0.3, 0.4) is 0 Å². The summed E-state index contributed by atoms with van der Waals surface area (Å²) in [5, 5.41) is 2.60. The molecule has 0 spiro atoms. The number of nitrogens with one attached hydrogen (secondary N) is 1. The molecule has 1 aromatic heterocycles. The molecule has 0 aliphatic carbocycles. The van der Waals surface area contributed by atoms with E-state index in [0.717, 1.165) is 32.3 Å². The van der Waals surface area contributed by atoms with Crippen LogP contribution in [0.25, 0.3) is 0 Å². The van der Waals surface area contributed by atoms with Gasteiger partial charge in [0.25, 0.3) is 0 Å². The minimum absolute atomic E-state index is 0.0770. The number of anilines is 1. The summed E-state index contributed by atoms with van der Waals surface area (Å²) in [4.78, 5) is 6.58. The molecule has 1 atom stereocenters. The highest BCUT2D eigenvalue weighted by Crippen LogP contribution is 2.28. The average Bonchev–Trinajstić information content (AvgIpc) is 2.38. The van der Waals surface area contributed by atoms with Crippen molar-refractivity contribution in [3.8, 4) is 0 Å². The predicted octanol–water partition coefficient (Wildman–Crippen LogP) is 3.52. The highest BCUT2D eigenvalue weighted by molar-refractivity contribution is 6.29. The van der Waals surface area contributed by atoms with Crippen molar-refractivity contribution in [3.63, 3.8) is 0 Å². The van der Waals surface area contributed by atoms with Crippen molar-refractivity contribution < 1.29 is 17.9 Å². The number of nitrogens with zero attached hydrogens (tertiary/aromatic N) is 2. The summed E-state index contributed by atoms with van der Waals surface area (Å²) < 4.78 is 43.1. The fourth-order valence-electron chi connectivity index (χ4n) is 2.03. The van der Waals surface area contributed by atoms with E-state index in [2.05, 4.69) is 15.3 Å². The number of rotatable bonds is 4. The molecule has 0 saturated carbocycles. The molecular formula is C12H15ClF3N3O. The number of hydrogen-bond donors (Lipinski definition) is 1. The molecule has 2 heterocycles. The Morgan fingerprint density at radius 2 is 2.15 bits per heavy atom. The molecule has 112 valence electrons. The maximum atomic E-state index is 12.5. The van der Waals surface area contributed by atoms with Crippen LogP contribution in [-0.4, -0.2) is 29.2 Å². The Morgan fingerprint density at radius 3 is 2.80 bits per heavy atom. The molecule has 0 aromatic carbocycles. The van der Waals surface area contributed by atoms with Crippen LogP contribution < -0.4 is 5.32 Å². The summed E-state index contributed by atoms with van der Waals surface area (Å²) >= 11 is 5.57. The summed E-state index contributed by atoms with van der Waals surface area (Å²) in [7, 11) is 0. The van der Waals surface area contributed by atoms with Gasteiger partial charge in [0.05, 0.1) is 6.10 Å². The van der Waals surface area contributed by atoms with Crippen molar-refractivity contribution in [2.24, 2.45) is 0 Å². The zero-order valence-electron chi connectivity index (χ0n) is 10.7. The first-order valence-electron chi connectivity index (χ1n) is 6.42. The SMILES string of the molecule is FC(F)(F)c1nc(Cl)cc(NCCC2CCCCO2)n1. The summed E-state index contributed by atoms with van der Waals surface area (Å²) in [6, 6.07) is 1.28. The quantitative estimate of drug-likeness (QED) is 0.865. The summed E-state index contributed by atoms with van der Waals surface area (Å²) in [5.74, 6) is -1.16. The lowest BCUT2D eigenvalue weighted by Gasteiger charge is -2.22. The molecule has 0 radical (unpaired) electrons. The van der Waals surface area contributed by atoms with Crippen LogP contribution in [0.4, 0.5) is 19.0 Å². The lowest BCUT2D eigenvalue weighted by atomic mass is 10.1. The predicted molar refractivity (Wildman–Crippen MR) is 68.7 cm³/mol. The lowest BCUT2D eigenvalue weighted by molar-refractivity contribution is -0.144. The Hall–Kier alpha value is -1.08. The molecule has 1 aliphatic heterocycles. The fraction of sp³-hybridized carbons (Fsp3) is 0.667. The van der Waals surface area contributed by atoms with E-state index in [0.29, 0.717) is 6.54 Å². The Morgan fingerprint density at radius 1 is 1.35 bits per heavy atom. The van der Waals surface area contributed by atoms with Gasteiger partial charge in [-0.1, -0.05) is 11.6 Å². The number of aromatic nitrogens is 2. The van der Waals surface area contributed by atoms with E-state index in [1.54, 1.807) is 0 Å². The minimum atomic E-state index is -4.60. The summed E-state index contributed by atoms with van der Waals surface area (Å²) in [6.45, 7) is 1.23. The van der Waals surface area contributed by atoms with Gasteiger partial charge in [-0.2, -0.15) is 13.2 Å². The van der Waals surface area contributed by atoms with E-state index in [4.69, 9.17) is 16.3 Å². The lowest BCUT2D eigenvalue weighted by Crippen LogP contribution is -2.22. The highest BCUT2D eigenvalue weighted by Gasteiger charge is 2.35. The topological polar surface area (TPSA) is 47.0 Å². The monoisotopic (exact) mass is 309 g/mol. The first kappa shape index (κ1) is 15.3. The van der Waals surface area contributed by atoms with Crippen molar-refractivity contribution in [1.29, 1.82) is 0 Å². The molecule has 1 saturated heterocycles. The van der Waals surface area contributed by atoms with E-state index < -0.39 is 12.0 Å². The number of ether oxygens (including phenoxy) is 1. The van der Waals surface area contributed by atoms with E-state index in [1.807, 2.05) is 0 Å². The molecule has 20 heavy (non-hydrogen) atoms. The molecule has 8 heteroatoms. The zero-order valence-corrected chi connectivity index (χ0v) is 11.5. The van der Waals surface area contributed by atoms with Crippen LogP contribution in [0.2, 0.25) is 5.15 Å². The first-order valence-corrected chi connectivity index (χ1v) is 6.80. The van der Waals surface area contributed by atoms with Gasteiger partial charge < -0.3 is 10.1 Å². The largest absolute Gasteiger partial charge is 0.451 e. The molecule has 0 amide bonds. The zero-order chi connectivity index (χ0) is 14.6. The second kappa shape index (κ2) is 6.58. The third-order valence-electron chi connectivity index (χ3n) is 2.99. The van der Waals surface area contributed by atoms with Gasteiger partial charge in [-0.3, -0.25) is 0 Å². The van der Waals surface area contributed by atoms with E-state index in [9.17, 15) is 13.2 Å². The molecule has 2 rings (SSSR count). The van der Waals surface area contributed by atoms with Gasteiger partial charge in [0, 0.05) is 19.2 Å². The summed E-state index contributed by atoms with van der Waals surface area (Å²) in [6.07, 6.45) is -0.532.